The van der Waals surface area contributed by atoms with Gasteiger partial charge in [0.15, 0.2) is 0 Å². The minimum Gasteiger partial charge on any atom is -0.312 e. The normalized spacial score (nSPS) is 33.2. The maximum Gasteiger partial charge on any atom is 0.265 e. The fourth-order valence-corrected chi connectivity index (χ4v) is 1.88. The lowest BCUT2D eigenvalue weighted by atomic mass is 9.92. The first-order chi connectivity index (χ1) is 6.11. The second kappa shape index (κ2) is 4.33. The van der Waals surface area contributed by atoms with Crippen LogP contribution >= 0.6 is 0 Å². The molecule has 78 valence electrons. The standard InChI is InChI=1S/C9H18F2N2/c1-3-7-8(12-4-2)9(10,11)5-6-13-7/h7-8,12-13H,3-6H2,1-2H3. The van der Waals surface area contributed by atoms with Crippen molar-refractivity contribution in [1.82, 2.24) is 10.6 Å². The van der Waals surface area contributed by atoms with Crippen molar-refractivity contribution in [3.63, 3.8) is 0 Å². The molecule has 0 aromatic rings. The molecule has 0 spiro atoms. The number of piperidine rings is 1. The third kappa shape index (κ3) is 2.38. The highest BCUT2D eigenvalue weighted by atomic mass is 19.3. The largest absolute Gasteiger partial charge is 0.312 e. The number of rotatable bonds is 3. The van der Waals surface area contributed by atoms with E-state index in [2.05, 4.69) is 10.6 Å². The molecule has 2 unspecified atom stereocenters. The van der Waals surface area contributed by atoms with E-state index in [0.717, 1.165) is 6.42 Å². The summed E-state index contributed by atoms with van der Waals surface area (Å²) >= 11 is 0. The summed E-state index contributed by atoms with van der Waals surface area (Å²) in [6.07, 6.45) is 0.689. The number of alkyl halides is 2. The number of hydrogen-bond donors (Lipinski definition) is 2. The van der Waals surface area contributed by atoms with Gasteiger partial charge in [-0.3, -0.25) is 0 Å². The molecule has 1 aliphatic heterocycles. The van der Waals surface area contributed by atoms with Crippen molar-refractivity contribution >= 4 is 0 Å². The van der Waals surface area contributed by atoms with Crippen LogP contribution in [0.1, 0.15) is 26.7 Å². The summed E-state index contributed by atoms with van der Waals surface area (Å²) in [5.74, 6) is -2.55. The van der Waals surface area contributed by atoms with Gasteiger partial charge in [-0.2, -0.15) is 0 Å². The molecule has 0 bridgehead atoms. The number of nitrogens with one attached hydrogen (secondary N) is 2. The highest BCUT2D eigenvalue weighted by Crippen LogP contribution is 2.29. The summed E-state index contributed by atoms with van der Waals surface area (Å²) in [6.45, 7) is 4.81. The molecule has 1 heterocycles. The van der Waals surface area contributed by atoms with Crippen molar-refractivity contribution < 1.29 is 8.78 Å². The van der Waals surface area contributed by atoms with Crippen LogP contribution in [0, 0.1) is 0 Å². The highest BCUT2D eigenvalue weighted by Gasteiger charge is 2.45. The molecular weight excluding hydrogens is 174 g/mol. The first-order valence-corrected chi connectivity index (χ1v) is 4.96. The SMILES string of the molecule is CCNC1C(CC)NCCC1(F)F. The summed E-state index contributed by atoms with van der Waals surface area (Å²) < 4.78 is 26.8. The number of likely N-dealkylation sites (N-methyl/N-ethyl adjacent to an activating group) is 1. The Bertz CT molecular complexity index is 162. The smallest absolute Gasteiger partial charge is 0.265 e. The second-order valence-corrected chi connectivity index (χ2v) is 3.52. The van der Waals surface area contributed by atoms with Crippen LogP contribution in [0.4, 0.5) is 8.78 Å². The zero-order chi connectivity index (χ0) is 9.90. The minimum atomic E-state index is -2.55. The van der Waals surface area contributed by atoms with Gasteiger partial charge in [-0.15, -0.1) is 0 Å². The lowest BCUT2D eigenvalue weighted by Crippen LogP contribution is -2.61. The summed E-state index contributed by atoms with van der Waals surface area (Å²) in [5.41, 5.74) is 0. The molecule has 0 aliphatic carbocycles. The van der Waals surface area contributed by atoms with Crippen molar-refractivity contribution in [3.05, 3.63) is 0 Å². The van der Waals surface area contributed by atoms with Crippen LogP contribution in [-0.2, 0) is 0 Å². The van der Waals surface area contributed by atoms with E-state index in [4.69, 9.17) is 0 Å². The molecule has 4 heteroatoms. The van der Waals surface area contributed by atoms with E-state index >= 15 is 0 Å². The van der Waals surface area contributed by atoms with Crippen molar-refractivity contribution in [2.75, 3.05) is 13.1 Å². The van der Waals surface area contributed by atoms with Crippen LogP contribution < -0.4 is 10.6 Å². The molecule has 1 aliphatic rings. The second-order valence-electron chi connectivity index (χ2n) is 3.52. The van der Waals surface area contributed by atoms with Crippen LogP contribution in [0.3, 0.4) is 0 Å². The van der Waals surface area contributed by atoms with Gasteiger partial charge < -0.3 is 10.6 Å². The fourth-order valence-electron chi connectivity index (χ4n) is 1.88. The first kappa shape index (κ1) is 10.9. The molecule has 1 fully saturated rings. The lowest BCUT2D eigenvalue weighted by molar-refractivity contribution is -0.0720. The van der Waals surface area contributed by atoms with Crippen LogP contribution in [0.5, 0.6) is 0 Å². The van der Waals surface area contributed by atoms with Gasteiger partial charge in [0.25, 0.3) is 5.92 Å². The molecule has 2 nitrogen and oxygen atoms in total. The third-order valence-corrected chi connectivity index (χ3v) is 2.59. The predicted octanol–water partition coefficient (Wildman–Crippen LogP) is 1.37. The van der Waals surface area contributed by atoms with Gasteiger partial charge in [0.05, 0.1) is 6.04 Å². The Hall–Kier alpha value is -0.220. The van der Waals surface area contributed by atoms with Crippen molar-refractivity contribution in [1.29, 1.82) is 0 Å². The van der Waals surface area contributed by atoms with Crippen LogP contribution in [0.15, 0.2) is 0 Å². The number of hydrogen-bond acceptors (Lipinski definition) is 2. The molecule has 0 saturated carbocycles. The Labute approximate surface area is 78.1 Å². The molecule has 1 rings (SSSR count). The van der Waals surface area contributed by atoms with Crippen LogP contribution in [0.2, 0.25) is 0 Å². The highest BCUT2D eigenvalue weighted by molar-refractivity contribution is 4.96. The molecular formula is C9H18F2N2. The van der Waals surface area contributed by atoms with E-state index in [9.17, 15) is 8.78 Å². The Morgan fingerprint density at radius 3 is 2.69 bits per heavy atom. The summed E-state index contributed by atoms with van der Waals surface area (Å²) in [5, 5.41) is 5.98. The molecule has 1 saturated heterocycles. The fraction of sp³-hybridized carbons (Fsp3) is 1.00. The van der Waals surface area contributed by atoms with Crippen molar-refractivity contribution in [3.8, 4) is 0 Å². The molecule has 13 heavy (non-hydrogen) atoms. The molecule has 2 N–H and O–H groups in total. The molecule has 0 aromatic heterocycles. The summed E-state index contributed by atoms with van der Waals surface area (Å²) in [4.78, 5) is 0. The maximum absolute atomic E-state index is 13.4. The van der Waals surface area contributed by atoms with Gasteiger partial charge in [0.2, 0.25) is 0 Å². The lowest BCUT2D eigenvalue weighted by Gasteiger charge is -2.38. The molecule has 0 aromatic carbocycles. The monoisotopic (exact) mass is 192 g/mol. The van der Waals surface area contributed by atoms with Gasteiger partial charge in [-0.25, -0.2) is 8.78 Å². The third-order valence-electron chi connectivity index (χ3n) is 2.59. The van der Waals surface area contributed by atoms with E-state index in [0.29, 0.717) is 13.1 Å². The van der Waals surface area contributed by atoms with E-state index in [1.54, 1.807) is 0 Å². The van der Waals surface area contributed by atoms with Gasteiger partial charge in [0.1, 0.15) is 0 Å². The summed E-state index contributed by atoms with van der Waals surface area (Å²) in [7, 11) is 0. The maximum atomic E-state index is 13.4. The predicted molar refractivity (Wildman–Crippen MR) is 49.1 cm³/mol. The van der Waals surface area contributed by atoms with Crippen LogP contribution in [0.25, 0.3) is 0 Å². The quantitative estimate of drug-likeness (QED) is 0.705. The zero-order valence-corrected chi connectivity index (χ0v) is 8.24. The Morgan fingerprint density at radius 1 is 1.46 bits per heavy atom. The van der Waals surface area contributed by atoms with Crippen LogP contribution in [-0.4, -0.2) is 31.1 Å². The van der Waals surface area contributed by atoms with E-state index < -0.39 is 12.0 Å². The average Bonchev–Trinajstić information content (AvgIpc) is 2.08. The Morgan fingerprint density at radius 2 is 2.15 bits per heavy atom. The van der Waals surface area contributed by atoms with Crippen molar-refractivity contribution in [2.24, 2.45) is 0 Å². The van der Waals surface area contributed by atoms with Gasteiger partial charge in [-0.1, -0.05) is 13.8 Å². The average molecular weight is 192 g/mol. The van der Waals surface area contributed by atoms with Gasteiger partial charge in [0, 0.05) is 19.0 Å². The van der Waals surface area contributed by atoms with Gasteiger partial charge in [-0.05, 0) is 13.0 Å². The Balaban J connectivity index is 2.65. The first-order valence-electron chi connectivity index (χ1n) is 4.96. The van der Waals surface area contributed by atoms with Gasteiger partial charge >= 0.3 is 0 Å². The van der Waals surface area contributed by atoms with E-state index in [1.807, 2.05) is 13.8 Å². The molecule has 0 radical (unpaired) electrons. The van der Waals surface area contributed by atoms with E-state index in [1.165, 1.54) is 0 Å². The Kier molecular flexibility index (Phi) is 3.62. The zero-order valence-electron chi connectivity index (χ0n) is 8.24. The molecule has 2 atom stereocenters. The summed E-state index contributed by atoms with van der Waals surface area (Å²) in [6, 6.07) is -0.792. The number of halogens is 2. The van der Waals surface area contributed by atoms with Crippen molar-refractivity contribution in [2.45, 2.75) is 44.7 Å². The van der Waals surface area contributed by atoms with E-state index in [-0.39, 0.29) is 12.5 Å². The molecule has 0 amide bonds. The minimum absolute atomic E-state index is 0.0544. The topological polar surface area (TPSA) is 24.1 Å².